The van der Waals surface area contributed by atoms with E-state index in [0.29, 0.717) is 0 Å². The highest BCUT2D eigenvalue weighted by Gasteiger charge is 2.14. The molecule has 0 amide bonds. The van der Waals surface area contributed by atoms with Crippen LogP contribution < -0.4 is 5.56 Å². The molecule has 2 aromatic heterocycles. The third kappa shape index (κ3) is 0.937. The topological polar surface area (TPSA) is 50.7 Å². The van der Waals surface area contributed by atoms with Crippen LogP contribution >= 0.6 is 0 Å². The summed E-state index contributed by atoms with van der Waals surface area (Å²) in [5.41, 5.74) is 1.19. The molecule has 0 aromatic carbocycles. The average molecular weight is 189 g/mol. The predicted molar refractivity (Wildman–Crippen MR) is 53.3 cm³/mol. The summed E-state index contributed by atoms with van der Waals surface area (Å²) >= 11 is 0. The van der Waals surface area contributed by atoms with E-state index in [9.17, 15) is 4.79 Å². The lowest BCUT2D eigenvalue weighted by atomic mass is 10.1. The monoisotopic (exact) mass is 189 g/mol. The van der Waals surface area contributed by atoms with Crippen LogP contribution in [0.25, 0.3) is 10.8 Å². The number of rotatable bonds is 0. The van der Waals surface area contributed by atoms with Crippen LogP contribution in [0.1, 0.15) is 18.5 Å². The Morgan fingerprint density at radius 2 is 2.29 bits per heavy atom. The fourth-order valence-electron chi connectivity index (χ4n) is 2.21. The van der Waals surface area contributed by atoms with Crippen molar-refractivity contribution in [3.63, 3.8) is 0 Å². The van der Waals surface area contributed by atoms with Gasteiger partial charge in [-0.3, -0.25) is 4.79 Å². The van der Waals surface area contributed by atoms with Crippen LogP contribution in [0.2, 0.25) is 0 Å². The normalized spacial score (nSPS) is 15.7. The van der Waals surface area contributed by atoms with Crippen molar-refractivity contribution in [1.29, 1.82) is 0 Å². The molecule has 0 fully saturated rings. The minimum atomic E-state index is -0.0793. The van der Waals surface area contributed by atoms with Crippen LogP contribution in [-0.4, -0.2) is 14.8 Å². The summed E-state index contributed by atoms with van der Waals surface area (Å²) in [7, 11) is 0. The van der Waals surface area contributed by atoms with E-state index in [1.807, 2.05) is 6.20 Å². The zero-order chi connectivity index (χ0) is 9.54. The number of nitrogens with one attached hydrogen (secondary N) is 1. The van der Waals surface area contributed by atoms with Crippen LogP contribution in [0.15, 0.2) is 17.2 Å². The molecule has 0 saturated carbocycles. The van der Waals surface area contributed by atoms with Gasteiger partial charge in [0, 0.05) is 23.8 Å². The Hall–Kier alpha value is -1.58. The Bertz CT molecular complexity index is 538. The van der Waals surface area contributed by atoms with Crippen molar-refractivity contribution in [2.24, 2.45) is 0 Å². The van der Waals surface area contributed by atoms with Gasteiger partial charge in [0.2, 0.25) is 0 Å². The molecule has 2 aromatic rings. The molecule has 1 aliphatic rings. The Balaban J connectivity index is 2.42. The molecule has 72 valence electrons. The fraction of sp³-hybridized carbons (Fsp3) is 0.400. The third-order valence-electron chi connectivity index (χ3n) is 2.90. The molecule has 3 rings (SSSR count). The van der Waals surface area contributed by atoms with E-state index in [-0.39, 0.29) is 5.56 Å². The van der Waals surface area contributed by atoms with Crippen molar-refractivity contribution in [1.82, 2.24) is 14.8 Å². The van der Waals surface area contributed by atoms with E-state index in [1.165, 1.54) is 18.5 Å². The van der Waals surface area contributed by atoms with Crippen LogP contribution in [0, 0.1) is 0 Å². The van der Waals surface area contributed by atoms with E-state index in [2.05, 4.69) is 14.8 Å². The van der Waals surface area contributed by atoms with Crippen molar-refractivity contribution in [3.05, 3.63) is 28.4 Å². The summed E-state index contributed by atoms with van der Waals surface area (Å²) in [5, 5.41) is 8.10. The molecule has 4 heteroatoms. The number of fused-ring (bicyclic) bond motifs is 3. The van der Waals surface area contributed by atoms with Gasteiger partial charge in [0.05, 0.1) is 11.6 Å². The molecule has 0 spiro atoms. The molecule has 0 aliphatic carbocycles. The molecule has 0 unspecified atom stereocenters. The van der Waals surface area contributed by atoms with Gasteiger partial charge in [-0.15, -0.1) is 0 Å². The molecular weight excluding hydrogens is 178 g/mol. The lowest BCUT2D eigenvalue weighted by Gasteiger charge is -2.14. The van der Waals surface area contributed by atoms with E-state index in [1.54, 1.807) is 6.20 Å². The number of aromatic amines is 1. The quantitative estimate of drug-likeness (QED) is 0.673. The third-order valence-corrected chi connectivity index (χ3v) is 2.90. The Labute approximate surface area is 80.6 Å². The number of aromatic nitrogens is 3. The zero-order valence-electron chi connectivity index (χ0n) is 7.79. The molecular formula is C10H11N3O. The molecule has 0 saturated heterocycles. The standard InChI is InChI=1S/C10H11N3O/c14-10-8-6-13-4-2-1-3-9(13)7(8)5-11-12-10/h5-6H,1-4H2,(H,12,14). The maximum absolute atomic E-state index is 11.5. The summed E-state index contributed by atoms with van der Waals surface area (Å²) < 4.78 is 2.19. The van der Waals surface area contributed by atoms with Crippen molar-refractivity contribution in [2.75, 3.05) is 0 Å². The molecule has 1 aliphatic heterocycles. The number of H-pyrrole nitrogens is 1. The zero-order valence-corrected chi connectivity index (χ0v) is 7.79. The van der Waals surface area contributed by atoms with Gasteiger partial charge in [-0.2, -0.15) is 5.10 Å². The van der Waals surface area contributed by atoms with Gasteiger partial charge in [-0.25, -0.2) is 5.10 Å². The maximum atomic E-state index is 11.5. The molecule has 3 heterocycles. The first-order chi connectivity index (χ1) is 6.86. The van der Waals surface area contributed by atoms with Crippen molar-refractivity contribution in [2.45, 2.75) is 25.8 Å². The summed E-state index contributed by atoms with van der Waals surface area (Å²) in [6.45, 7) is 1.03. The maximum Gasteiger partial charge on any atom is 0.273 e. The van der Waals surface area contributed by atoms with Crippen molar-refractivity contribution < 1.29 is 0 Å². The smallest absolute Gasteiger partial charge is 0.273 e. The van der Waals surface area contributed by atoms with Gasteiger partial charge in [-0.1, -0.05) is 0 Å². The van der Waals surface area contributed by atoms with Gasteiger partial charge in [0.1, 0.15) is 0 Å². The number of hydrogen-bond acceptors (Lipinski definition) is 2. The lowest BCUT2D eigenvalue weighted by Crippen LogP contribution is -2.08. The summed E-state index contributed by atoms with van der Waals surface area (Å²) in [5.74, 6) is 0. The second-order valence-corrected chi connectivity index (χ2v) is 3.75. The first kappa shape index (κ1) is 7.79. The first-order valence-electron chi connectivity index (χ1n) is 4.91. The Kier molecular flexibility index (Phi) is 1.50. The van der Waals surface area contributed by atoms with Gasteiger partial charge >= 0.3 is 0 Å². The minimum absolute atomic E-state index is 0.0793. The number of nitrogens with zero attached hydrogens (tertiary/aromatic N) is 2. The van der Waals surface area contributed by atoms with Gasteiger partial charge in [0.15, 0.2) is 0 Å². The number of hydrogen-bond donors (Lipinski definition) is 1. The molecule has 4 nitrogen and oxygen atoms in total. The van der Waals surface area contributed by atoms with Crippen molar-refractivity contribution >= 4 is 10.8 Å². The summed E-state index contributed by atoms with van der Waals surface area (Å²) in [6.07, 6.45) is 7.19. The fourth-order valence-corrected chi connectivity index (χ4v) is 2.21. The molecule has 0 radical (unpaired) electrons. The highest BCUT2D eigenvalue weighted by molar-refractivity contribution is 5.83. The van der Waals surface area contributed by atoms with Gasteiger partial charge < -0.3 is 4.57 Å². The predicted octanol–water partition coefficient (Wildman–Crippen LogP) is 1.06. The highest BCUT2D eigenvalue weighted by atomic mass is 16.1. The van der Waals surface area contributed by atoms with E-state index >= 15 is 0 Å². The van der Waals surface area contributed by atoms with E-state index in [0.717, 1.165) is 23.7 Å². The summed E-state index contributed by atoms with van der Waals surface area (Å²) in [6, 6.07) is 0. The van der Waals surface area contributed by atoms with E-state index in [4.69, 9.17) is 0 Å². The second-order valence-electron chi connectivity index (χ2n) is 3.75. The van der Waals surface area contributed by atoms with Gasteiger partial charge in [0.25, 0.3) is 5.56 Å². The van der Waals surface area contributed by atoms with Crippen molar-refractivity contribution in [3.8, 4) is 0 Å². The SMILES string of the molecule is O=c1[nH]ncc2c3n(cc12)CCCC3. The molecule has 0 bridgehead atoms. The van der Waals surface area contributed by atoms with Crippen LogP contribution in [0.4, 0.5) is 0 Å². The Morgan fingerprint density at radius 1 is 1.36 bits per heavy atom. The highest BCUT2D eigenvalue weighted by Crippen LogP contribution is 2.23. The Morgan fingerprint density at radius 3 is 3.21 bits per heavy atom. The van der Waals surface area contributed by atoms with Crippen LogP contribution in [-0.2, 0) is 13.0 Å². The van der Waals surface area contributed by atoms with Crippen LogP contribution in [0.3, 0.4) is 0 Å². The lowest BCUT2D eigenvalue weighted by molar-refractivity contribution is 0.536. The van der Waals surface area contributed by atoms with E-state index < -0.39 is 0 Å². The number of aryl methyl sites for hydroxylation is 2. The molecule has 1 N–H and O–H groups in total. The van der Waals surface area contributed by atoms with Crippen LogP contribution in [0.5, 0.6) is 0 Å². The largest absolute Gasteiger partial charge is 0.350 e. The second kappa shape index (κ2) is 2.70. The summed E-state index contributed by atoms with van der Waals surface area (Å²) in [4.78, 5) is 11.5. The first-order valence-corrected chi connectivity index (χ1v) is 4.91. The minimum Gasteiger partial charge on any atom is -0.350 e. The molecule has 0 atom stereocenters. The van der Waals surface area contributed by atoms with Gasteiger partial charge in [-0.05, 0) is 19.3 Å². The molecule has 14 heavy (non-hydrogen) atoms. The average Bonchev–Trinajstić information content (AvgIpc) is 2.59.